The highest BCUT2D eigenvalue weighted by atomic mass is 31.2. The lowest BCUT2D eigenvalue weighted by Gasteiger charge is -2.30. The second-order valence-corrected chi connectivity index (χ2v) is 16.0. The van der Waals surface area contributed by atoms with Gasteiger partial charge in [-0.3, -0.25) is 9.36 Å². The fraction of sp³-hybridized carbons (Fsp3) is 0.872. The van der Waals surface area contributed by atoms with Crippen LogP contribution in [0.2, 0.25) is 0 Å². The van der Waals surface area contributed by atoms with E-state index in [2.05, 4.69) is 43.5 Å². The van der Waals surface area contributed by atoms with Crippen molar-refractivity contribution in [2.75, 3.05) is 40.9 Å². The van der Waals surface area contributed by atoms with E-state index < -0.39 is 20.0 Å². The number of quaternary nitrogens is 1. The number of likely N-dealkylation sites (N-methyl/N-ethyl adjacent to an activating group) is 1. The highest BCUT2D eigenvalue weighted by molar-refractivity contribution is 7.45. The molecule has 0 saturated heterocycles. The van der Waals surface area contributed by atoms with Crippen molar-refractivity contribution in [3.8, 4) is 0 Å². The van der Waals surface area contributed by atoms with Gasteiger partial charge in [-0.15, -0.1) is 0 Å². The third kappa shape index (κ3) is 33.5. The second kappa shape index (κ2) is 31.9. The number of rotatable bonds is 35. The van der Waals surface area contributed by atoms with Gasteiger partial charge in [0.2, 0.25) is 5.91 Å². The van der Waals surface area contributed by atoms with Crippen LogP contribution in [0.5, 0.6) is 0 Å². The van der Waals surface area contributed by atoms with Crippen LogP contribution in [0.1, 0.15) is 168 Å². The maximum atomic E-state index is 12.8. The summed E-state index contributed by atoms with van der Waals surface area (Å²) < 4.78 is 23.1. The largest absolute Gasteiger partial charge is 0.756 e. The molecule has 0 saturated carbocycles. The molecule has 8 nitrogen and oxygen atoms in total. The Morgan fingerprint density at radius 3 is 1.77 bits per heavy atom. The first kappa shape index (κ1) is 47.0. The molecule has 0 radical (unpaired) electrons. The van der Waals surface area contributed by atoms with E-state index in [0.717, 1.165) is 44.9 Å². The van der Waals surface area contributed by atoms with Crippen LogP contribution in [0.4, 0.5) is 0 Å². The van der Waals surface area contributed by atoms with Gasteiger partial charge in [-0.05, 0) is 44.9 Å². The summed E-state index contributed by atoms with van der Waals surface area (Å²) >= 11 is 0. The Morgan fingerprint density at radius 2 is 1.21 bits per heavy atom. The number of hydrogen-bond donors (Lipinski definition) is 2. The van der Waals surface area contributed by atoms with E-state index in [9.17, 15) is 19.4 Å². The monoisotopic (exact) mass is 701 g/mol. The van der Waals surface area contributed by atoms with E-state index in [-0.39, 0.29) is 19.1 Å². The number of aliphatic hydroxyl groups is 1. The molecule has 3 atom stereocenters. The Kier molecular flexibility index (Phi) is 31.2. The standard InChI is InChI=1S/C39H77N2O6P/c1-6-8-10-12-14-15-16-17-18-19-20-21-22-23-24-25-27-29-31-33-39(43)40-37(38(42)32-30-28-26-13-11-9-7-2)36-47-48(44,45)46-35-34-41(3,4)5/h14-15,17-18,37-38,42H,6-13,16,19-36H2,1-5H3,(H-,40,43,44,45)/b15-14-,18-17-. The summed E-state index contributed by atoms with van der Waals surface area (Å²) in [5, 5.41) is 13.7. The molecule has 0 aromatic rings. The van der Waals surface area contributed by atoms with Crippen molar-refractivity contribution in [3.63, 3.8) is 0 Å². The Hall–Kier alpha value is -1.02. The summed E-state index contributed by atoms with van der Waals surface area (Å²) in [5.74, 6) is -0.175. The average Bonchev–Trinajstić information content (AvgIpc) is 3.02. The maximum absolute atomic E-state index is 12.8. The zero-order chi connectivity index (χ0) is 35.8. The quantitative estimate of drug-likeness (QED) is 0.0295. The van der Waals surface area contributed by atoms with Gasteiger partial charge in [0.15, 0.2) is 0 Å². The topological polar surface area (TPSA) is 108 Å². The third-order valence-electron chi connectivity index (χ3n) is 8.69. The van der Waals surface area contributed by atoms with E-state index >= 15 is 0 Å². The highest BCUT2D eigenvalue weighted by Crippen LogP contribution is 2.38. The summed E-state index contributed by atoms with van der Waals surface area (Å²) in [5.41, 5.74) is 0. The van der Waals surface area contributed by atoms with Crippen LogP contribution in [0.3, 0.4) is 0 Å². The number of allylic oxidation sites excluding steroid dienone is 4. The summed E-state index contributed by atoms with van der Waals surface area (Å²) in [6.07, 6.45) is 34.8. The first-order valence-electron chi connectivity index (χ1n) is 19.7. The molecule has 0 fully saturated rings. The van der Waals surface area contributed by atoms with Crippen LogP contribution in [-0.2, 0) is 18.4 Å². The van der Waals surface area contributed by atoms with Gasteiger partial charge in [-0.1, -0.05) is 141 Å². The number of unbranched alkanes of at least 4 members (excludes halogenated alkanes) is 18. The second-order valence-electron chi connectivity index (χ2n) is 14.6. The lowest BCUT2D eigenvalue weighted by Crippen LogP contribution is -2.46. The molecule has 0 aliphatic rings. The fourth-order valence-electron chi connectivity index (χ4n) is 5.48. The number of carbonyl (C=O) groups is 1. The van der Waals surface area contributed by atoms with E-state index in [1.807, 2.05) is 21.1 Å². The molecule has 1 amide bonds. The molecule has 0 aromatic carbocycles. The van der Waals surface area contributed by atoms with Crippen LogP contribution < -0.4 is 10.2 Å². The molecule has 0 aliphatic carbocycles. The molecular formula is C39H77N2O6P. The van der Waals surface area contributed by atoms with Gasteiger partial charge in [0.1, 0.15) is 13.2 Å². The number of phosphoric acid groups is 1. The third-order valence-corrected chi connectivity index (χ3v) is 9.66. The number of phosphoric ester groups is 1. The predicted octanol–water partition coefficient (Wildman–Crippen LogP) is 9.55. The van der Waals surface area contributed by atoms with E-state index in [1.165, 1.54) is 96.3 Å². The van der Waals surface area contributed by atoms with Crippen LogP contribution in [0.25, 0.3) is 0 Å². The van der Waals surface area contributed by atoms with E-state index in [1.54, 1.807) is 0 Å². The Balaban J connectivity index is 4.27. The van der Waals surface area contributed by atoms with Gasteiger partial charge >= 0.3 is 0 Å². The summed E-state index contributed by atoms with van der Waals surface area (Å²) in [6, 6.07) is -0.797. The lowest BCUT2D eigenvalue weighted by atomic mass is 10.0. The molecule has 2 N–H and O–H groups in total. The lowest BCUT2D eigenvalue weighted by molar-refractivity contribution is -0.870. The van der Waals surface area contributed by atoms with Crippen LogP contribution >= 0.6 is 7.82 Å². The van der Waals surface area contributed by atoms with Gasteiger partial charge in [0.25, 0.3) is 7.82 Å². The molecule has 0 rings (SSSR count). The number of nitrogens with one attached hydrogen (secondary N) is 1. The van der Waals surface area contributed by atoms with Crippen LogP contribution in [0, 0.1) is 0 Å². The molecule has 3 unspecified atom stereocenters. The molecular weight excluding hydrogens is 623 g/mol. The number of nitrogens with zero attached hydrogens (tertiary/aromatic N) is 1. The summed E-state index contributed by atoms with van der Waals surface area (Å²) in [6.45, 7) is 4.62. The smallest absolute Gasteiger partial charge is 0.268 e. The molecule has 48 heavy (non-hydrogen) atoms. The van der Waals surface area contributed by atoms with Crippen molar-refractivity contribution in [2.24, 2.45) is 0 Å². The van der Waals surface area contributed by atoms with E-state index in [0.29, 0.717) is 23.9 Å². The normalized spacial score (nSPS) is 14.9. The summed E-state index contributed by atoms with van der Waals surface area (Å²) in [4.78, 5) is 25.1. The highest BCUT2D eigenvalue weighted by Gasteiger charge is 2.24. The van der Waals surface area contributed by atoms with Crippen molar-refractivity contribution < 1.29 is 32.9 Å². The fourth-order valence-corrected chi connectivity index (χ4v) is 6.20. The minimum atomic E-state index is -4.55. The Bertz CT molecular complexity index is 845. The van der Waals surface area contributed by atoms with Gasteiger partial charge in [-0.2, -0.15) is 0 Å². The minimum absolute atomic E-state index is 0.0110. The van der Waals surface area contributed by atoms with Crippen LogP contribution in [-0.4, -0.2) is 68.5 Å². The van der Waals surface area contributed by atoms with Crippen molar-refractivity contribution in [1.82, 2.24) is 5.32 Å². The van der Waals surface area contributed by atoms with Crippen molar-refractivity contribution in [1.29, 1.82) is 0 Å². The molecule has 0 aliphatic heterocycles. The molecule has 284 valence electrons. The van der Waals surface area contributed by atoms with Crippen molar-refractivity contribution in [2.45, 2.75) is 180 Å². The van der Waals surface area contributed by atoms with Crippen molar-refractivity contribution >= 4 is 13.7 Å². The van der Waals surface area contributed by atoms with E-state index in [4.69, 9.17) is 9.05 Å². The molecule has 0 spiro atoms. The summed E-state index contributed by atoms with van der Waals surface area (Å²) in [7, 11) is 1.30. The first-order chi connectivity index (χ1) is 23.0. The van der Waals surface area contributed by atoms with Gasteiger partial charge in [0, 0.05) is 6.42 Å². The number of carbonyl (C=O) groups excluding carboxylic acids is 1. The number of hydrogen-bond acceptors (Lipinski definition) is 6. The number of amides is 1. The SMILES string of the molecule is CCCCC/C=C\C/C=C\CCCCCCCCCCCC(=O)NC(COP(=O)([O-])OCC[N+](C)(C)C)C(O)CCCCCCCCC. The van der Waals surface area contributed by atoms with Gasteiger partial charge in [0.05, 0.1) is 39.9 Å². The van der Waals surface area contributed by atoms with Gasteiger partial charge in [-0.25, -0.2) is 0 Å². The predicted molar refractivity (Wildman–Crippen MR) is 201 cm³/mol. The van der Waals surface area contributed by atoms with Crippen molar-refractivity contribution in [3.05, 3.63) is 24.3 Å². The minimum Gasteiger partial charge on any atom is -0.756 e. The Morgan fingerprint density at radius 1 is 0.729 bits per heavy atom. The molecule has 0 aromatic heterocycles. The van der Waals surface area contributed by atoms with Crippen LogP contribution in [0.15, 0.2) is 24.3 Å². The molecule has 0 bridgehead atoms. The maximum Gasteiger partial charge on any atom is 0.268 e. The molecule has 0 heterocycles. The number of aliphatic hydroxyl groups excluding tert-OH is 1. The Labute approximate surface area is 296 Å². The van der Waals surface area contributed by atoms with Gasteiger partial charge < -0.3 is 28.8 Å². The first-order valence-corrected chi connectivity index (χ1v) is 21.1. The molecule has 9 heteroatoms. The zero-order valence-corrected chi connectivity index (χ0v) is 32.8. The zero-order valence-electron chi connectivity index (χ0n) is 31.9. The average molecular weight is 701 g/mol.